The van der Waals surface area contributed by atoms with Crippen molar-refractivity contribution in [3.8, 4) is 5.88 Å². The second-order valence-corrected chi connectivity index (χ2v) is 9.56. The number of hydrogen-bond donors (Lipinski definition) is 1. The van der Waals surface area contributed by atoms with Crippen molar-refractivity contribution in [2.45, 2.75) is 44.6 Å². The molecule has 1 aliphatic heterocycles. The quantitative estimate of drug-likeness (QED) is 0.411. The highest BCUT2D eigenvalue weighted by molar-refractivity contribution is 7.06. The summed E-state index contributed by atoms with van der Waals surface area (Å²) >= 11 is 1.03. The third-order valence-corrected chi connectivity index (χ3v) is 6.58. The van der Waals surface area contributed by atoms with E-state index in [1.54, 1.807) is 13.0 Å². The van der Waals surface area contributed by atoms with Crippen LogP contribution in [-0.2, 0) is 12.6 Å². The molecule has 4 rings (SSSR count). The van der Waals surface area contributed by atoms with Crippen LogP contribution in [0, 0.1) is 6.92 Å². The first kappa shape index (κ1) is 27.7. The van der Waals surface area contributed by atoms with Crippen molar-refractivity contribution in [2.75, 3.05) is 25.0 Å². The zero-order chi connectivity index (χ0) is 27.5. The minimum absolute atomic E-state index is 0.0666. The number of aryl methyl sites for hydroxylation is 1. The minimum atomic E-state index is -4.60. The fourth-order valence-electron chi connectivity index (χ4n) is 3.98. The molecule has 0 bridgehead atoms. The van der Waals surface area contributed by atoms with E-state index < -0.39 is 36.6 Å². The number of carbonyl (C=O) groups is 1. The van der Waals surface area contributed by atoms with E-state index in [9.17, 15) is 31.1 Å². The van der Waals surface area contributed by atoms with Crippen LogP contribution in [0.25, 0.3) is 0 Å². The number of alkyl halides is 6. The van der Waals surface area contributed by atoms with Gasteiger partial charge in [0.05, 0.1) is 41.6 Å². The number of rotatable bonds is 7. The average molecular weight is 561 g/mol. The number of nitrogens with one attached hydrogen (secondary N) is 1. The highest BCUT2D eigenvalue weighted by Gasteiger charge is 2.34. The number of nitrogens with zero attached hydrogens (tertiary/aromatic N) is 5. The molecule has 0 unspecified atom stereocenters. The number of ether oxygens (including phenoxy) is 1. The van der Waals surface area contributed by atoms with E-state index in [1.165, 1.54) is 17.2 Å². The Morgan fingerprint density at radius 3 is 2.55 bits per heavy atom. The van der Waals surface area contributed by atoms with Gasteiger partial charge in [-0.05, 0) is 43.9 Å². The monoisotopic (exact) mass is 560 g/mol. The lowest BCUT2D eigenvalue weighted by Gasteiger charge is -2.32. The number of pyridine rings is 1. The minimum Gasteiger partial charge on any atom is -0.473 e. The summed E-state index contributed by atoms with van der Waals surface area (Å²) in [7, 11) is 0. The maximum absolute atomic E-state index is 13.0. The standard InChI is InChI=1S/C23H22F6N6O2S/c1-13-20(17(38-34-13)7-15-9-31-18(10-30-15)23(27,28)29)21(36)33-14-4-5-19(32-8-14)37-16-3-2-6-35(11-16)12-22(24,25)26/h4-5,8-10,16H,2-3,6-7,11-12H2,1H3,(H,33,36)/t16-/m0/s1. The van der Waals surface area contributed by atoms with Gasteiger partial charge in [-0.2, -0.15) is 30.7 Å². The van der Waals surface area contributed by atoms with E-state index in [4.69, 9.17) is 4.74 Å². The number of likely N-dealkylation sites (tertiary alicyclic amines) is 1. The van der Waals surface area contributed by atoms with Crippen molar-refractivity contribution in [2.24, 2.45) is 0 Å². The Hall–Kier alpha value is -3.33. The highest BCUT2D eigenvalue weighted by Crippen LogP contribution is 2.28. The number of halogens is 6. The van der Waals surface area contributed by atoms with Gasteiger partial charge in [-0.15, -0.1) is 0 Å². The second-order valence-electron chi connectivity index (χ2n) is 8.71. The van der Waals surface area contributed by atoms with Gasteiger partial charge in [-0.1, -0.05) is 0 Å². The van der Waals surface area contributed by atoms with Gasteiger partial charge in [0, 0.05) is 30.1 Å². The third-order valence-electron chi connectivity index (χ3n) is 5.64. The lowest BCUT2D eigenvalue weighted by molar-refractivity contribution is -0.150. The van der Waals surface area contributed by atoms with E-state index in [-0.39, 0.29) is 30.1 Å². The highest BCUT2D eigenvalue weighted by atomic mass is 32.1. The number of amides is 1. The molecule has 1 amide bonds. The largest absolute Gasteiger partial charge is 0.473 e. The first-order chi connectivity index (χ1) is 17.9. The summed E-state index contributed by atoms with van der Waals surface area (Å²) in [6, 6.07) is 3.06. The molecule has 1 aliphatic rings. The number of hydrogen-bond acceptors (Lipinski definition) is 8. The Morgan fingerprint density at radius 1 is 1.13 bits per heavy atom. The molecule has 1 fully saturated rings. The fraction of sp³-hybridized carbons (Fsp3) is 0.435. The zero-order valence-corrected chi connectivity index (χ0v) is 20.8. The molecule has 0 spiro atoms. The summed E-state index contributed by atoms with van der Waals surface area (Å²) in [6.07, 6.45) is -5.06. The first-order valence-corrected chi connectivity index (χ1v) is 12.2. The molecule has 204 valence electrons. The molecule has 0 aliphatic carbocycles. The molecule has 0 radical (unpaired) electrons. The summed E-state index contributed by atoms with van der Waals surface area (Å²) in [5.41, 5.74) is 0.188. The van der Waals surface area contributed by atoms with Crippen molar-refractivity contribution >= 4 is 23.1 Å². The molecular weight excluding hydrogens is 538 g/mol. The lowest BCUT2D eigenvalue weighted by atomic mass is 10.1. The van der Waals surface area contributed by atoms with Gasteiger partial charge in [0.15, 0.2) is 5.69 Å². The molecule has 1 atom stereocenters. The van der Waals surface area contributed by atoms with Crippen LogP contribution in [0.1, 0.15) is 45.2 Å². The molecule has 3 aromatic rings. The maximum atomic E-state index is 13.0. The van der Waals surface area contributed by atoms with Gasteiger partial charge in [-0.3, -0.25) is 14.7 Å². The summed E-state index contributed by atoms with van der Waals surface area (Å²) in [4.78, 5) is 26.1. The number of carbonyl (C=O) groups excluding carboxylic acids is 1. The molecule has 0 saturated carbocycles. The predicted molar refractivity (Wildman–Crippen MR) is 125 cm³/mol. The van der Waals surface area contributed by atoms with Crippen molar-refractivity contribution in [1.29, 1.82) is 0 Å². The van der Waals surface area contributed by atoms with Crippen LogP contribution in [0.5, 0.6) is 5.88 Å². The van der Waals surface area contributed by atoms with E-state index in [1.807, 2.05) is 0 Å². The van der Waals surface area contributed by atoms with Crippen molar-refractivity contribution in [3.63, 3.8) is 0 Å². The van der Waals surface area contributed by atoms with Crippen LogP contribution in [0.3, 0.4) is 0 Å². The maximum Gasteiger partial charge on any atom is 0.434 e. The van der Waals surface area contributed by atoms with Crippen LogP contribution >= 0.6 is 11.5 Å². The van der Waals surface area contributed by atoms with E-state index in [0.29, 0.717) is 41.8 Å². The third kappa shape index (κ3) is 7.37. The second kappa shape index (κ2) is 11.2. The fourth-order valence-corrected chi connectivity index (χ4v) is 4.86. The van der Waals surface area contributed by atoms with Crippen LogP contribution in [-0.4, -0.2) is 62.0 Å². The van der Waals surface area contributed by atoms with Gasteiger partial charge >= 0.3 is 12.4 Å². The Bertz CT molecular complexity index is 1250. The Kier molecular flexibility index (Phi) is 8.16. The molecule has 8 nitrogen and oxygen atoms in total. The predicted octanol–water partition coefficient (Wildman–Crippen LogP) is 4.90. The zero-order valence-electron chi connectivity index (χ0n) is 19.9. The first-order valence-electron chi connectivity index (χ1n) is 11.4. The molecule has 1 saturated heterocycles. The van der Waals surface area contributed by atoms with E-state index >= 15 is 0 Å². The number of aromatic nitrogens is 4. The molecular formula is C23H22F6N6O2S. The summed E-state index contributed by atoms with van der Waals surface area (Å²) in [6.45, 7) is 1.13. The average Bonchev–Trinajstić information content (AvgIpc) is 3.19. The van der Waals surface area contributed by atoms with E-state index in [0.717, 1.165) is 17.7 Å². The van der Waals surface area contributed by atoms with Gasteiger partial charge in [0.2, 0.25) is 5.88 Å². The number of anilines is 1. The molecule has 0 aromatic carbocycles. The molecule has 4 heterocycles. The summed E-state index contributed by atoms with van der Waals surface area (Å²) in [5.74, 6) is -0.270. The smallest absolute Gasteiger partial charge is 0.434 e. The van der Waals surface area contributed by atoms with Crippen LogP contribution < -0.4 is 10.1 Å². The van der Waals surface area contributed by atoms with Crippen molar-refractivity contribution in [1.82, 2.24) is 24.2 Å². The Balaban J connectivity index is 1.37. The Labute approximate surface area is 217 Å². The van der Waals surface area contributed by atoms with Gasteiger partial charge in [0.25, 0.3) is 5.91 Å². The van der Waals surface area contributed by atoms with Crippen LogP contribution in [0.2, 0.25) is 0 Å². The summed E-state index contributed by atoms with van der Waals surface area (Å²) < 4.78 is 86.1. The molecule has 15 heteroatoms. The topological polar surface area (TPSA) is 93.1 Å². The van der Waals surface area contributed by atoms with Gasteiger partial charge < -0.3 is 10.1 Å². The van der Waals surface area contributed by atoms with Crippen LogP contribution in [0.15, 0.2) is 30.7 Å². The molecule has 1 N–H and O–H groups in total. The molecule has 38 heavy (non-hydrogen) atoms. The van der Waals surface area contributed by atoms with Crippen LogP contribution in [0.4, 0.5) is 32.0 Å². The van der Waals surface area contributed by atoms with Crippen molar-refractivity contribution in [3.05, 3.63) is 58.2 Å². The SMILES string of the molecule is Cc1nsc(Cc2cnc(C(F)(F)F)cn2)c1C(=O)Nc1ccc(O[C@H]2CCCN(CC(F)(F)F)C2)nc1. The van der Waals surface area contributed by atoms with Gasteiger partial charge in [0.1, 0.15) is 6.10 Å². The normalized spacial score (nSPS) is 16.9. The Morgan fingerprint density at radius 2 is 1.92 bits per heavy atom. The number of piperidine rings is 1. The van der Waals surface area contributed by atoms with E-state index in [2.05, 4.69) is 24.6 Å². The van der Waals surface area contributed by atoms with Gasteiger partial charge in [-0.25, -0.2) is 9.97 Å². The molecule has 3 aromatic heterocycles. The lowest BCUT2D eigenvalue weighted by Crippen LogP contribution is -2.45. The summed E-state index contributed by atoms with van der Waals surface area (Å²) in [5, 5.41) is 2.70. The van der Waals surface area contributed by atoms with Crippen molar-refractivity contribution < 1.29 is 35.9 Å².